The number of piperazine rings is 1. The zero-order valence-corrected chi connectivity index (χ0v) is 14.8. The molecule has 0 aliphatic carbocycles. The molecule has 134 valence electrons. The maximum absolute atomic E-state index is 14.0. The maximum Gasteiger partial charge on any atom is 0.256 e. The van der Waals surface area contributed by atoms with Crippen LogP contribution in [0.15, 0.2) is 30.3 Å². The lowest BCUT2D eigenvalue weighted by molar-refractivity contribution is 0.0742. The molecule has 0 radical (unpaired) electrons. The first kappa shape index (κ1) is 16.7. The summed E-state index contributed by atoms with van der Waals surface area (Å²) in [5, 5.41) is 12.8. The summed E-state index contributed by atoms with van der Waals surface area (Å²) < 4.78 is 15.7. The Bertz CT molecular complexity index is 983. The van der Waals surface area contributed by atoms with E-state index in [1.54, 1.807) is 9.42 Å². The van der Waals surface area contributed by atoms with Crippen LogP contribution in [0.5, 0.6) is 0 Å². The Morgan fingerprint density at radius 3 is 2.62 bits per heavy atom. The van der Waals surface area contributed by atoms with Crippen LogP contribution in [0.3, 0.4) is 0 Å². The molecular formula is C17H16ClFN6O. The molecule has 0 unspecified atom stereocenters. The molecule has 0 N–H and O–H groups in total. The molecule has 9 heteroatoms. The van der Waals surface area contributed by atoms with Crippen molar-refractivity contribution < 1.29 is 9.18 Å². The zero-order valence-electron chi connectivity index (χ0n) is 14.1. The Labute approximate surface area is 154 Å². The van der Waals surface area contributed by atoms with Crippen molar-refractivity contribution in [2.24, 2.45) is 0 Å². The molecule has 0 atom stereocenters. The summed E-state index contributed by atoms with van der Waals surface area (Å²) in [5.41, 5.74) is 0.737. The number of aryl methyl sites for hydroxylation is 1. The summed E-state index contributed by atoms with van der Waals surface area (Å²) in [6.07, 6.45) is 0. The van der Waals surface area contributed by atoms with Crippen molar-refractivity contribution in [3.63, 3.8) is 0 Å². The number of hydrogen-bond donors (Lipinski definition) is 0. The Hall–Kier alpha value is -2.74. The standard InChI is InChI=1S/C17H16ClFN6O/c1-11-20-21-15-4-5-16(22-25(11)15)23-6-8-24(9-7-23)17(26)13-3-2-12(18)10-14(13)19/h2-5,10H,6-9H2,1H3. The van der Waals surface area contributed by atoms with Crippen molar-refractivity contribution in [3.05, 3.63) is 52.6 Å². The molecule has 3 heterocycles. The van der Waals surface area contributed by atoms with E-state index in [0.29, 0.717) is 37.7 Å². The van der Waals surface area contributed by atoms with Gasteiger partial charge in [0.15, 0.2) is 11.5 Å². The highest BCUT2D eigenvalue weighted by Crippen LogP contribution is 2.19. The molecule has 1 amide bonds. The SMILES string of the molecule is Cc1nnc2ccc(N3CCN(C(=O)c4ccc(Cl)cc4F)CC3)nn12. The van der Waals surface area contributed by atoms with E-state index in [-0.39, 0.29) is 16.5 Å². The predicted octanol–water partition coefficient (Wildman–Crippen LogP) is 2.19. The second-order valence-corrected chi connectivity index (χ2v) is 6.55. The highest BCUT2D eigenvalue weighted by molar-refractivity contribution is 6.30. The van der Waals surface area contributed by atoms with Crippen LogP contribution in [-0.4, -0.2) is 56.8 Å². The summed E-state index contributed by atoms with van der Waals surface area (Å²) in [7, 11) is 0. The van der Waals surface area contributed by atoms with Gasteiger partial charge >= 0.3 is 0 Å². The highest BCUT2D eigenvalue weighted by atomic mass is 35.5. The molecule has 1 aliphatic rings. The number of benzene rings is 1. The monoisotopic (exact) mass is 374 g/mol. The Morgan fingerprint density at radius 1 is 1.12 bits per heavy atom. The molecule has 3 aromatic rings. The molecule has 1 saturated heterocycles. The fourth-order valence-electron chi connectivity index (χ4n) is 3.03. The molecule has 0 bridgehead atoms. The molecule has 26 heavy (non-hydrogen) atoms. The van der Waals surface area contributed by atoms with E-state index in [1.165, 1.54) is 12.1 Å². The van der Waals surface area contributed by atoms with Crippen molar-refractivity contribution in [3.8, 4) is 0 Å². The van der Waals surface area contributed by atoms with Gasteiger partial charge in [0, 0.05) is 31.2 Å². The van der Waals surface area contributed by atoms with E-state index in [4.69, 9.17) is 11.6 Å². The van der Waals surface area contributed by atoms with Crippen LogP contribution in [0, 0.1) is 12.7 Å². The summed E-state index contributed by atoms with van der Waals surface area (Å²) >= 11 is 5.75. The van der Waals surface area contributed by atoms with Gasteiger partial charge in [0.05, 0.1) is 5.56 Å². The van der Waals surface area contributed by atoms with E-state index >= 15 is 0 Å². The zero-order chi connectivity index (χ0) is 18.3. The number of hydrogen-bond acceptors (Lipinski definition) is 5. The second kappa shape index (κ2) is 6.53. The molecule has 1 aliphatic heterocycles. The molecular weight excluding hydrogens is 359 g/mol. The first-order valence-corrected chi connectivity index (χ1v) is 8.59. The van der Waals surface area contributed by atoms with Crippen molar-refractivity contribution >= 4 is 29.0 Å². The van der Waals surface area contributed by atoms with E-state index in [1.807, 2.05) is 19.1 Å². The van der Waals surface area contributed by atoms with Crippen LogP contribution >= 0.6 is 11.6 Å². The minimum Gasteiger partial charge on any atom is -0.352 e. The topological polar surface area (TPSA) is 66.6 Å². The number of halogens is 2. The van der Waals surface area contributed by atoms with Gasteiger partial charge in [0.2, 0.25) is 0 Å². The number of carbonyl (C=O) groups excluding carboxylic acids is 1. The average molecular weight is 375 g/mol. The van der Waals surface area contributed by atoms with Gasteiger partial charge in [-0.05, 0) is 37.3 Å². The number of amides is 1. The third-order valence-corrected chi connectivity index (χ3v) is 4.69. The smallest absolute Gasteiger partial charge is 0.256 e. The summed E-state index contributed by atoms with van der Waals surface area (Å²) in [5.74, 6) is 0.594. The predicted molar refractivity (Wildman–Crippen MR) is 95.0 cm³/mol. The largest absolute Gasteiger partial charge is 0.352 e. The molecule has 0 spiro atoms. The van der Waals surface area contributed by atoms with E-state index in [2.05, 4.69) is 20.2 Å². The summed E-state index contributed by atoms with van der Waals surface area (Å²) in [4.78, 5) is 16.3. The number of nitrogens with zero attached hydrogens (tertiary/aromatic N) is 6. The fourth-order valence-corrected chi connectivity index (χ4v) is 3.19. The number of fused-ring (bicyclic) bond motifs is 1. The van der Waals surface area contributed by atoms with Crippen LogP contribution in [-0.2, 0) is 0 Å². The third-order valence-electron chi connectivity index (χ3n) is 4.46. The Morgan fingerprint density at radius 2 is 1.88 bits per heavy atom. The van der Waals surface area contributed by atoms with Crippen LogP contribution < -0.4 is 4.90 Å². The minimum absolute atomic E-state index is 0.0440. The lowest BCUT2D eigenvalue weighted by Crippen LogP contribution is -2.49. The van der Waals surface area contributed by atoms with Gasteiger partial charge in [0.1, 0.15) is 11.6 Å². The first-order valence-electron chi connectivity index (χ1n) is 8.21. The second-order valence-electron chi connectivity index (χ2n) is 6.11. The number of carbonyl (C=O) groups is 1. The quantitative estimate of drug-likeness (QED) is 0.688. The number of aromatic nitrogens is 4. The van der Waals surface area contributed by atoms with Crippen molar-refractivity contribution in [1.29, 1.82) is 0 Å². The Balaban J connectivity index is 1.47. The third kappa shape index (κ3) is 2.96. The molecule has 7 nitrogen and oxygen atoms in total. The Kier molecular flexibility index (Phi) is 4.20. The van der Waals surface area contributed by atoms with Gasteiger partial charge in [0.25, 0.3) is 5.91 Å². The number of anilines is 1. The maximum atomic E-state index is 14.0. The van der Waals surface area contributed by atoms with Crippen LogP contribution in [0.2, 0.25) is 5.02 Å². The van der Waals surface area contributed by atoms with Crippen molar-refractivity contribution in [1.82, 2.24) is 24.7 Å². The molecule has 1 fully saturated rings. The molecule has 0 saturated carbocycles. The van der Waals surface area contributed by atoms with Crippen molar-refractivity contribution in [2.45, 2.75) is 6.92 Å². The van der Waals surface area contributed by atoms with Gasteiger partial charge in [-0.15, -0.1) is 15.3 Å². The van der Waals surface area contributed by atoms with Crippen LogP contribution in [0.1, 0.15) is 16.2 Å². The van der Waals surface area contributed by atoms with Gasteiger partial charge < -0.3 is 9.80 Å². The molecule has 2 aromatic heterocycles. The fraction of sp³-hybridized carbons (Fsp3) is 0.294. The normalized spacial score (nSPS) is 14.9. The highest BCUT2D eigenvalue weighted by Gasteiger charge is 2.25. The number of rotatable bonds is 2. The van der Waals surface area contributed by atoms with E-state index in [9.17, 15) is 9.18 Å². The van der Waals surface area contributed by atoms with Gasteiger partial charge in [-0.3, -0.25) is 4.79 Å². The first-order chi connectivity index (χ1) is 12.5. The van der Waals surface area contributed by atoms with E-state index < -0.39 is 5.82 Å². The van der Waals surface area contributed by atoms with Gasteiger partial charge in [-0.2, -0.15) is 4.52 Å². The van der Waals surface area contributed by atoms with Crippen LogP contribution in [0.25, 0.3) is 5.65 Å². The van der Waals surface area contributed by atoms with E-state index in [0.717, 1.165) is 11.9 Å². The van der Waals surface area contributed by atoms with Crippen LogP contribution in [0.4, 0.5) is 10.2 Å². The summed E-state index contributed by atoms with van der Waals surface area (Å²) in [6, 6.07) is 7.86. The summed E-state index contributed by atoms with van der Waals surface area (Å²) in [6.45, 7) is 4.04. The minimum atomic E-state index is -0.597. The average Bonchev–Trinajstić information content (AvgIpc) is 3.02. The lowest BCUT2D eigenvalue weighted by atomic mass is 10.1. The molecule has 1 aromatic carbocycles. The lowest BCUT2D eigenvalue weighted by Gasteiger charge is -2.35. The van der Waals surface area contributed by atoms with Gasteiger partial charge in [-0.1, -0.05) is 11.6 Å². The van der Waals surface area contributed by atoms with Crippen molar-refractivity contribution in [2.75, 3.05) is 31.1 Å². The van der Waals surface area contributed by atoms with Gasteiger partial charge in [-0.25, -0.2) is 4.39 Å². The molecule has 4 rings (SSSR count).